The quantitative estimate of drug-likeness (QED) is 0.811. The van der Waals surface area contributed by atoms with Gasteiger partial charge in [-0.3, -0.25) is 0 Å². The van der Waals surface area contributed by atoms with Crippen LogP contribution in [0, 0.1) is 6.92 Å². The van der Waals surface area contributed by atoms with Crippen LogP contribution in [0.15, 0.2) is 47.4 Å². The Bertz CT molecular complexity index is 569. The third-order valence-electron chi connectivity index (χ3n) is 3.20. The molecule has 3 heteroatoms. The van der Waals surface area contributed by atoms with E-state index in [1.54, 1.807) is 7.11 Å². The number of hydrogen-bond donors (Lipinski definition) is 1. The van der Waals surface area contributed by atoms with Gasteiger partial charge in [-0.05, 0) is 43.3 Å². The van der Waals surface area contributed by atoms with Crippen LogP contribution in [0.1, 0.15) is 16.7 Å². The van der Waals surface area contributed by atoms with Gasteiger partial charge in [0, 0.05) is 22.8 Å². The lowest BCUT2D eigenvalue weighted by atomic mass is 10.1. The van der Waals surface area contributed by atoms with Gasteiger partial charge in [0.2, 0.25) is 0 Å². The van der Waals surface area contributed by atoms with E-state index in [2.05, 4.69) is 54.7 Å². The molecule has 0 fully saturated rings. The molecule has 0 atom stereocenters. The minimum absolute atomic E-state index is 0.881. The SMILES string of the molecule is CNCc1ccc(OC)c(CSc2ccccc2C)c1. The van der Waals surface area contributed by atoms with E-state index in [9.17, 15) is 0 Å². The molecule has 2 aromatic rings. The number of ether oxygens (including phenoxy) is 1. The Balaban J connectivity index is 2.15. The maximum absolute atomic E-state index is 5.46. The molecule has 0 aliphatic rings. The van der Waals surface area contributed by atoms with Gasteiger partial charge < -0.3 is 10.1 Å². The average molecular weight is 287 g/mol. The molecule has 0 aliphatic carbocycles. The van der Waals surface area contributed by atoms with Crippen molar-refractivity contribution in [1.82, 2.24) is 5.32 Å². The van der Waals surface area contributed by atoms with Crippen molar-refractivity contribution in [1.29, 1.82) is 0 Å². The lowest BCUT2D eigenvalue weighted by Crippen LogP contribution is -2.05. The van der Waals surface area contributed by atoms with Crippen molar-refractivity contribution < 1.29 is 4.74 Å². The summed E-state index contributed by atoms with van der Waals surface area (Å²) in [5.74, 6) is 1.89. The van der Waals surface area contributed by atoms with Crippen molar-refractivity contribution in [3.05, 3.63) is 59.2 Å². The fourth-order valence-corrected chi connectivity index (χ4v) is 3.14. The lowest BCUT2D eigenvalue weighted by Gasteiger charge is -2.11. The molecule has 1 N–H and O–H groups in total. The van der Waals surface area contributed by atoms with E-state index in [-0.39, 0.29) is 0 Å². The van der Waals surface area contributed by atoms with E-state index in [1.165, 1.54) is 21.6 Å². The summed E-state index contributed by atoms with van der Waals surface area (Å²) in [4.78, 5) is 1.33. The predicted molar refractivity (Wildman–Crippen MR) is 86.5 cm³/mol. The fraction of sp³-hybridized carbons (Fsp3) is 0.294. The largest absolute Gasteiger partial charge is 0.496 e. The lowest BCUT2D eigenvalue weighted by molar-refractivity contribution is 0.411. The van der Waals surface area contributed by atoms with Gasteiger partial charge in [0.1, 0.15) is 5.75 Å². The highest BCUT2D eigenvalue weighted by molar-refractivity contribution is 7.98. The molecule has 2 aromatic carbocycles. The zero-order chi connectivity index (χ0) is 14.4. The van der Waals surface area contributed by atoms with Crippen molar-refractivity contribution in [2.24, 2.45) is 0 Å². The first-order chi connectivity index (χ1) is 9.74. The number of thioether (sulfide) groups is 1. The second-order valence-electron chi connectivity index (χ2n) is 4.73. The highest BCUT2D eigenvalue weighted by atomic mass is 32.2. The van der Waals surface area contributed by atoms with E-state index >= 15 is 0 Å². The first kappa shape index (κ1) is 14.9. The van der Waals surface area contributed by atoms with Crippen LogP contribution in [-0.2, 0) is 12.3 Å². The highest BCUT2D eigenvalue weighted by Gasteiger charge is 2.06. The second-order valence-corrected chi connectivity index (χ2v) is 5.75. The van der Waals surface area contributed by atoms with Gasteiger partial charge in [-0.2, -0.15) is 0 Å². The van der Waals surface area contributed by atoms with Crippen LogP contribution in [0.2, 0.25) is 0 Å². The van der Waals surface area contributed by atoms with Crippen molar-refractivity contribution in [2.75, 3.05) is 14.2 Å². The number of benzene rings is 2. The number of rotatable bonds is 6. The maximum atomic E-state index is 5.46. The molecule has 20 heavy (non-hydrogen) atoms. The van der Waals surface area contributed by atoms with E-state index in [4.69, 9.17) is 4.74 Å². The Morgan fingerprint density at radius 1 is 1.15 bits per heavy atom. The van der Waals surface area contributed by atoms with Crippen LogP contribution in [0.3, 0.4) is 0 Å². The Morgan fingerprint density at radius 3 is 2.65 bits per heavy atom. The molecule has 2 rings (SSSR count). The van der Waals surface area contributed by atoms with Gasteiger partial charge in [0.05, 0.1) is 7.11 Å². The fourth-order valence-electron chi connectivity index (χ4n) is 2.13. The van der Waals surface area contributed by atoms with E-state index in [0.29, 0.717) is 0 Å². The van der Waals surface area contributed by atoms with Crippen LogP contribution >= 0.6 is 11.8 Å². The maximum Gasteiger partial charge on any atom is 0.122 e. The van der Waals surface area contributed by atoms with Crippen LogP contribution < -0.4 is 10.1 Å². The van der Waals surface area contributed by atoms with E-state index < -0.39 is 0 Å². The summed E-state index contributed by atoms with van der Waals surface area (Å²) in [6, 6.07) is 14.9. The Hall–Kier alpha value is -1.45. The summed E-state index contributed by atoms with van der Waals surface area (Å²) in [5, 5.41) is 3.18. The molecule has 0 heterocycles. The number of methoxy groups -OCH3 is 1. The molecule has 0 unspecified atom stereocenters. The van der Waals surface area contributed by atoms with Crippen molar-refractivity contribution in [3.8, 4) is 5.75 Å². The third kappa shape index (κ3) is 3.78. The summed E-state index contributed by atoms with van der Waals surface area (Å²) < 4.78 is 5.46. The van der Waals surface area contributed by atoms with Crippen LogP contribution in [-0.4, -0.2) is 14.2 Å². The number of nitrogens with one attached hydrogen (secondary N) is 1. The number of hydrogen-bond acceptors (Lipinski definition) is 3. The summed E-state index contributed by atoms with van der Waals surface area (Å²) in [6.07, 6.45) is 0. The van der Waals surface area contributed by atoms with Crippen LogP contribution in [0.4, 0.5) is 0 Å². The smallest absolute Gasteiger partial charge is 0.122 e. The first-order valence-corrected chi connectivity index (χ1v) is 7.72. The number of aryl methyl sites for hydroxylation is 1. The Morgan fingerprint density at radius 2 is 1.95 bits per heavy atom. The molecular formula is C17H21NOS. The minimum atomic E-state index is 0.881. The zero-order valence-electron chi connectivity index (χ0n) is 12.3. The molecule has 0 aliphatic heterocycles. The van der Waals surface area contributed by atoms with Gasteiger partial charge in [-0.1, -0.05) is 24.3 Å². The summed E-state index contributed by atoms with van der Waals surface area (Å²) in [7, 11) is 3.70. The topological polar surface area (TPSA) is 21.3 Å². The standard InChI is InChI=1S/C17H21NOS/c1-13-6-4-5-7-17(13)20-12-15-10-14(11-18-2)8-9-16(15)19-3/h4-10,18H,11-12H2,1-3H3. The molecule has 0 amide bonds. The van der Waals surface area contributed by atoms with Gasteiger partial charge >= 0.3 is 0 Å². The highest BCUT2D eigenvalue weighted by Crippen LogP contribution is 2.30. The molecule has 106 valence electrons. The zero-order valence-corrected chi connectivity index (χ0v) is 13.1. The normalized spacial score (nSPS) is 10.6. The first-order valence-electron chi connectivity index (χ1n) is 6.73. The van der Waals surface area contributed by atoms with Crippen LogP contribution in [0.5, 0.6) is 5.75 Å². The van der Waals surface area contributed by atoms with Gasteiger partial charge in [0.25, 0.3) is 0 Å². The predicted octanol–water partition coefficient (Wildman–Crippen LogP) is 4.02. The molecule has 0 saturated heterocycles. The van der Waals surface area contributed by atoms with Crippen molar-refractivity contribution in [3.63, 3.8) is 0 Å². The van der Waals surface area contributed by atoms with E-state index in [1.807, 2.05) is 18.8 Å². The Labute approximate surface area is 125 Å². The third-order valence-corrected chi connectivity index (χ3v) is 4.43. The molecule has 0 aromatic heterocycles. The Kier molecular flexibility index (Phi) is 5.50. The molecule has 0 spiro atoms. The molecule has 0 bridgehead atoms. The van der Waals surface area contributed by atoms with E-state index in [0.717, 1.165) is 18.0 Å². The average Bonchev–Trinajstić information content (AvgIpc) is 2.47. The summed E-state index contributed by atoms with van der Waals surface area (Å²) in [6.45, 7) is 3.03. The monoisotopic (exact) mass is 287 g/mol. The van der Waals surface area contributed by atoms with Crippen LogP contribution in [0.25, 0.3) is 0 Å². The van der Waals surface area contributed by atoms with Crippen molar-refractivity contribution >= 4 is 11.8 Å². The molecule has 0 radical (unpaired) electrons. The second kappa shape index (κ2) is 7.36. The van der Waals surface area contributed by atoms with Crippen molar-refractivity contribution in [2.45, 2.75) is 24.1 Å². The minimum Gasteiger partial charge on any atom is -0.496 e. The van der Waals surface area contributed by atoms with Gasteiger partial charge in [-0.15, -0.1) is 11.8 Å². The van der Waals surface area contributed by atoms with Gasteiger partial charge in [-0.25, -0.2) is 0 Å². The molecule has 2 nitrogen and oxygen atoms in total. The summed E-state index contributed by atoms with van der Waals surface area (Å²) >= 11 is 1.86. The summed E-state index contributed by atoms with van der Waals surface area (Å²) in [5.41, 5.74) is 3.85. The van der Waals surface area contributed by atoms with Gasteiger partial charge in [0.15, 0.2) is 0 Å². The molecule has 0 saturated carbocycles. The molecular weight excluding hydrogens is 266 g/mol.